The average Bonchev–Trinajstić information content (AvgIpc) is 3.08. The van der Waals surface area contributed by atoms with Crippen LogP contribution in [0.1, 0.15) is 57.2 Å². The lowest BCUT2D eigenvalue weighted by Gasteiger charge is -2.26. The average molecular weight is 465 g/mol. The lowest BCUT2D eigenvalue weighted by Crippen LogP contribution is -2.30. The van der Waals surface area contributed by atoms with E-state index < -0.39 is 17.7 Å². The number of likely N-dealkylation sites (tertiary alicyclic amines) is 1. The number of aliphatic hydroxyl groups excluding tert-OH is 1. The number of aliphatic hydroxyl groups is 1. The van der Waals surface area contributed by atoms with Gasteiger partial charge in [0.2, 0.25) is 0 Å². The molecule has 182 valence electrons. The monoisotopic (exact) mass is 464 g/mol. The lowest BCUT2D eigenvalue weighted by atomic mass is 9.95. The number of nitrogens with zero attached hydrogens (tertiary/aromatic N) is 2. The van der Waals surface area contributed by atoms with Gasteiger partial charge < -0.3 is 19.6 Å². The molecule has 6 nitrogen and oxygen atoms in total. The summed E-state index contributed by atoms with van der Waals surface area (Å²) in [7, 11) is 3.92. The molecular weight excluding hydrogens is 428 g/mol. The minimum atomic E-state index is -0.643. The van der Waals surface area contributed by atoms with Gasteiger partial charge in [0.25, 0.3) is 11.7 Å². The van der Waals surface area contributed by atoms with E-state index in [0.29, 0.717) is 30.4 Å². The molecule has 0 saturated carbocycles. The number of carbonyl (C=O) groups is 2. The number of ketones is 1. The zero-order valence-corrected chi connectivity index (χ0v) is 20.9. The predicted octanol–water partition coefficient (Wildman–Crippen LogP) is 5.40. The normalized spacial score (nSPS) is 17.5. The Labute approximate surface area is 202 Å². The maximum absolute atomic E-state index is 13.1. The molecule has 2 aromatic carbocycles. The largest absolute Gasteiger partial charge is 0.507 e. The number of hydrogen-bond acceptors (Lipinski definition) is 5. The highest BCUT2D eigenvalue weighted by molar-refractivity contribution is 6.46. The van der Waals surface area contributed by atoms with Crippen molar-refractivity contribution < 1.29 is 19.4 Å². The first-order valence-corrected chi connectivity index (χ1v) is 12.0. The second kappa shape index (κ2) is 11.2. The van der Waals surface area contributed by atoms with E-state index in [1.807, 2.05) is 43.3 Å². The summed E-state index contributed by atoms with van der Waals surface area (Å²) in [6.07, 6.45) is 2.78. The predicted molar refractivity (Wildman–Crippen MR) is 136 cm³/mol. The Kier molecular flexibility index (Phi) is 8.37. The quantitative estimate of drug-likeness (QED) is 0.221. The van der Waals surface area contributed by atoms with E-state index in [2.05, 4.69) is 20.8 Å². The molecule has 0 spiro atoms. The Morgan fingerprint density at radius 3 is 2.24 bits per heavy atom. The molecule has 0 aliphatic carbocycles. The molecule has 1 heterocycles. The van der Waals surface area contributed by atoms with E-state index in [-0.39, 0.29) is 11.3 Å². The molecule has 1 aliphatic heterocycles. The van der Waals surface area contributed by atoms with Gasteiger partial charge in [-0.15, -0.1) is 0 Å². The first-order valence-electron chi connectivity index (χ1n) is 12.0. The molecule has 1 fully saturated rings. The van der Waals surface area contributed by atoms with Gasteiger partial charge in [0.1, 0.15) is 11.5 Å². The number of hydrogen-bond donors (Lipinski definition) is 1. The summed E-state index contributed by atoms with van der Waals surface area (Å²) in [6.45, 7) is 7.31. The van der Waals surface area contributed by atoms with Gasteiger partial charge in [0.05, 0.1) is 18.2 Å². The van der Waals surface area contributed by atoms with Gasteiger partial charge in [-0.25, -0.2) is 0 Å². The number of rotatable bonds is 10. The molecule has 1 unspecified atom stereocenters. The fraction of sp³-hybridized carbons (Fsp3) is 0.429. The fourth-order valence-electron chi connectivity index (χ4n) is 4.07. The molecule has 2 aromatic rings. The number of carbonyl (C=O) groups excluding carboxylic acids is 2. The lowest BCUT2D eigenvalue weighted by molar-refractivity contribution is -0.139. The minimum Gasteiger partial charge on any atom is -0.507 e. The second-order valence-electron chi connectivity index (χ2n) is 9.41. The van der Waals surface area contributed by atoms with Crippen LogP contribution in [0.2, 0.25) is 0 Å². The second-order valence-corrected chi connectivity index (χ2v) is 9.41. The van der Waals surface area contributed by atoms with E-state index in [1.165, 1.54) is 0 Å². The number of ether oxygens (including phenoxy) is 1. The van der Waals surface area contributed by atoms with Gasteiger partial charge in [-0.05, 0) is 54.3 Å². The van der Waals surface area contributed by atoms with Crippen LogP contribution in [0, 0.1) is 5.92 Å². The van der Waals surface area contributed by atoms with E-state index in [0.717, 1.165) is 30.5 Å². The molecule has 34 heavy (non-hydrogen) atoms. The van der Waals surface area contributed by atoms with E-state index in [9.17, 15) is 14.7 Å². The molecule has 3 rings (SSSR count). The zero-order valence-electron chi connectivity index (χ0n) is 20.9. The first kappa shape index (κ1) is 25.3. The Balaban J connectivity index is 2.01. The van der Waals surface area contributed by atoms with Gasteiger partial charge >= 0.3 is 0 Å². The van der Waals surface area contributed by atoms with Crippen molar-refractivity contribution in [3.8, 4) is 5.75 Å². The summed E-state index contributed by atoms with van der Waals surface area (Å²) >= 11 is 0. The SMILES string of the molecule is CCCCCN1C(=O)C(=O)/C(=C(\O)c2ccc(OCC(C)C)cc2)C1c1ccc(N(C)C)cc1. The van der Waals surface area contributed by atoms with Crippen LogP contribution in [-0.4, -0.2) is 48.9 Å². The Morgan fingerprint density at radius 2 is 1.68 bits per heavy atom. The van der Waals surface area contributed by atoms with Crippen LogP contribution in [0.4, 0.5) is 5.69 Å². The van der Waals surface area contributed by atoms with Crippen molar-refractivity contribution >= 4 is 23.1 Å². The highest BCUT2D eigenvalue weighted by Crippen LogP contribution is 2.40. The van der Waals surface area contributed by atoms with Gasteiger partial charge in [0, 0.05) is 31.9 Å². The maximum Gasteiger partial charge on any atom is 0.295 e. The van der Waals surface area contributed by atoms with Crippen molar-refractivity contribution in [3.05, 3.63) is 65.2 Å². The van der Waals surface area contributed by atoms with Gasteiger partial charge in [0.15, 0.2) is 0 Å². The molecule has 0 radical (unpaired) electrons. The number of Topliss-reactive ketones (excluding diaryl/α,β-unsaturated/α-hetero) is 1. The van der Waals surface area contributed by atoms with Crippen LogP contribution in [-0.2, 0) is 9.59 Å². The zero-order chi connectivity index (χ0) is 24.8. The van der Waals surface area contributed by atoms with Crippen LogP contribution in [0.3, 0.4) is 0 Å². The summed E-state index contributed by atoms with van der Waals surface area (Å²) in [5.74, 6) is -0.266. The number of amides is 1. The van der Waals surface area contributed by atoms with Gasteiger partial charge in [-0.3, -0.25) is 9.59 Å². The van der Waals surface area contributed by atoms with Crippen LogP contribution >= 0.6 is 0 Å². The van der Waals surface area contributed by atoms with E-state index >= 15 is 0 Å². The van der Waals surface area contributed by atoms with Crippen molar-refractivity contribution in [2.45, 2.75) is 46.1 Å². The molecule has 0 bridgehead atoms. The molecule has 1 amide bonds. The Morgan fingerprint density at radius 1 is 1.03 bits per heavy atom. The summed E-state index contributed by atoms with van der Waals surface area (Å²) in [6, 6.07) is 14.1. The topological polar surface area (TPSA) is 70.1 Å². The molecule has 1 saturated heterocycles. The molecule has 1 aliphatic rings. The number of unbranched alkanes of at least 4 members (excludes halogenated alkanes) is 2. The molecular formula is C28H36N2O4. The fourth-order valence-corrected chi connectivity index (χ4v) is 4.07. The highest BCUT2D eigenvalue weighted by Gasteiger charge is 2.45. The van der Waals surface area contributed by atoms with Crippen LogP contribution in [0.15, 0.2) is 54.1 Å². The Hall–Kier alpha value is -3.28. The van der Waals surface area contributed by atoms with Crippen LogP contribution < -0.4 is 9.64 Å². The third kappa shape index (κ3) is 5.61. The highest BCUT2D eigenvalue weighted by atomic mass is 16.5. The molecule has 1 atom stereocenters. The van der Waals surface area contributed by atoms with Crippen molar-refractivity contribution in [2.75, 3.05) is 32.1 Å². The summed E-state index contributed by atoms with van der Waals surface area (Å²) in [5.41, 5.74) is 2.44. The van der Waals surface area contributed by atoms with E-state index in [4.69, 9.17) is 4.74 Å². The van der Waals surface area contributed by atoms with E-state index in [1.54, 1.807) is 29.2 Å². The standard InChI is InChI=1S/C28H36N2O4/c1-6-7-8-17-30-25(20-9-13-22(14-10-20)29(4)5)24(27(32)28(30)33)26(31)21-11-15-23(16-12-21)34-18-19(2)3/h9-16,19,25,31H,6-8,17-18H2,1-5H3/b26-24-. The third-order valence-electron chi connectivity index (χ3n) is 5.98. The van der Waals surface area contributed by atoms with Crippen molar-refractivity contribution in [3.63, 3.8) is 0 Å². The summed E-state index contributed by atoms with van der Waals surface area (Å²) < 4.78 is 5.73. The minimum absolute atomic E-state index is 0.134. The third-order valence-corrected chi connectivity index (χ3v) is 5.98. The van der Waals surface area contributed by atoms with Crippen LogP contribution in [0.25, 0.3) is 5.76 Å². The summed E-state index contributed by atoms with van der Waals surface area (Å²) in [5, 5.41) is 11.2. The number of anilines is 1. The smallest absolute Gasteiger partial charge is 0.295 e. The molecule has 1 N–H and O–H groups in total. The first-order chi connectivity index (χ1) is 16.2. The molecule has 6 heteroatoms. The van der Waals surface area contributed by atoms with Crippen LogP contribution in [0.5, 0.6) is 5.75 Å². The summed E-state index contributed by atoms with van der Waals surface area (Å²) in [4.78, 5) is 29.7. The van der Waals surface area contributed by atoms with Crippen molar-refractivity contribution in [2.24, 2.45) is 5.92 Å². The van der Waals surface area contributed by atoms with Gasteiger partial charge in [-0.1, -0.05) is 45.7 Å². The Bertz CT molecular complexity index is 1020. The van der Waals surface area contributed by atoms with Gasteiger partial charge in [-0.2, -0.15) is 0 Å². The van der Waals surface area contributed by atoms with Crippen molar-refractivity contribution in [1.82, 2.24) is 4.90 Å². The molecule has 0 aromatic heterocycles. The van der Waals surface area contributed by atoms with Crippen molar-refractivity contribution in [1.29, 1.82) is 0 Å². The number of benzene rings is 2. The maximum atomic E-state index is 13.1.